The summed E-state index contributed by atoms with van der Waals surface area (Å²) < 4.78 is 68.3. The van der Waals surface area contributed by atoms with Gasteiger partial charge in [-0.05, 0) is 24.3 Å². The van der Waals surface area contributed by atoms with Crippen molar-refractivity contribution in [1.82, 2.24) is 4.98 Å². The molecule has 0 aliphatic carbocycles. The average molecular weight is 366 g/mol. The van der Waals surface area contributed by atoms with Gasteiger partial charge in [-0.2, -0.15) is 13.2 Å². The number of aromatic nitrogens is 1. The lowest BCUT2D eigenvalue weighted by atomic mass is 10.2. The minimum atomic E-state index is -4.55. The van der Waals surface area contributed by atoms with Gasteiger partial charge in [0.25, 0.3) is 10.0 Å². The highest BCUT2D eigenvalue weighted by atomic mass is 32.2. The van der Waals surface area contributed by atoms with Crippen molar-refractivity contribution in [1.29, 1.82) is 0 Å². The molecule has 0 radical (unpaired) electrons. The Morgan fingerprint density at radius 1 is 1.26 bits per heavy atom. The Balaban J connectivity index is 2.18. The van der Waals surface area contributed by atoms with E-state index in [-0.39, 0.29) is 15.1 Å². The van der Waals surface area contributed by atoms with Gasteiger partial charge in [0.2, 0.25) is 5.06 Å². The molecular weight excluding hydrogens is 357 g/mol. The van der Waals surface area contributed by atoms with Crippen LogP contribution in [0, 0.1) is 0 Å². The number of halogens is 3. The first kappa shape index (κ1) is 17.2. The van der Waals surface area contributed by atoms with Gasteiger partial charge in [-0.1, -0.05) is 11.3 Å². The molecule has 0 fully saturated rings. The minimum Gasteiger partial charge on any atom is -0.414 e. The number of sulfonamides is 1. The Morgan fingerprint density at radius 3 is 2.39 bits per heavy atom. The van der Waals surface area contributed by atoms with Crippen LogP contribution in [0.2, 0.25) is 0 Å². The Bertz CT molecular complexity index is 814. The number of benzene rings is 1. The molecule has 1 aromatic carbocycles. The van der Waals surface area contributed by atoms with Crippen molar-refractivity contribution in [3.05, 3.63) is 36.0 Å². The molecule has 0 unspecified atom stereocenters. The van der Waals surface area contributed by atoms with Crippen LogP contribution in [-0.4, -0.2) is 19.4 Å². The third kappa shape index (κ3) is 4.42. The Hall–Kier alpha value is -2.14. The first-order valence-electron chi connectivity index (χ1n) is 5.92. The lowest BCUT2D eigenvalue weighted by molar-refractivity contribution is -0.137. The number of carbonyl (C=O) groups excluding carboxylic acids is 1. The zero-order valence-corrected chi connectivity index (χ0v) is 13.1. The molecule has 2 aromatic rings. The van der Waals surface area contributed by atoms with Crippen LogP contribution in [0.3, 0.4) is 0 Å². The minimum absolute atomic E-state index is 0.0823. The molecule has 0 aliphatic heterocycles. The van der Waals surface area contributed by atoms with Crippen LogP contribution >= 0.6 is 11.3 Å². The lowest BCUT2D eigenvalue weighted by Gasteiger charge is -2.08. The van der Waals surface area contributed by atoms with Crippen molar-refractivity contribution in [2.75, 3.05) is 4.72 Å². The van der Waals surface area contributed by atoms with Crippen LogP contribution in [-0.2, 0) is 21.0 Å². The van der Waals surface area contributed by atoms with Crippen LogP contribution < -0.4 is 9.46 Å². The van der Waals surface area contributed by atoms with Gasteiger partial charge >= 0.3 is 12.1 Å². The van der Waals surface area contributed by atoms with E-state index in [0.29, 0.717) is 12.1 Å². The number of ether oxygens (including phenoxy) is 1. The second kappa shape index (κ2) is 6.16. The molecule has 0 aliphatic rings. The van der Waals surface area contributed by atoms with E-state index in [9.17, 15) is 26.4 Å². The van der Waals surface area contributed by atoms with Gasteiger partial charge in [-0.3, -0.25) is 9.52 Å². The molecule has 0 saturated carbocycles. The van der Waals surface area contributed by atoms with Gasteiger partial charge in [0, 0.05) is 6.92 Å². The van der Waals surface area contributed by atoms with E-state index in [0.717, 1.165) is 29.7 Å². The summed E-state index contributed by atoms with van der Waals surface area (Å²) in [4.78, 5) is 14.1. The third-order valence-electron chi connectivity index (χ3n) is 2.44. The number of rotatable bonds is 4. The van der Waals surface area contributed by atoms with Crippen LogP contribution in [0.5, 0.6) is 5.06 Å². The molecular formula is C12H9F3N2O4S2. The summed E-state index contributed by atoms with van der Waals surface area (Å²) in [7, 11) is -4.10. The highest BCUT2D eigenvalue weighted by Gasteiger charge is 2.30. The number of thiazole rings is 1. The number of hydrogen-bond acceptors (Lipinski definition) is 6. The van der Waals surface area contributed by atoms with E-state index in [2.05, 4.69) is 9.71 Å². The highest BCUT2D eigenvalue weighted by Crippen LogP contribution is 2.31. The SMILES string of the molecule is CC(=O)Oc1cnc(NS(=O)(=O)c2ccc(C(F)(F)F)cc2)s1. The zero-order chi connectivity index (χ0) is 17.3. The monoisotopic (exact) mass is 366 g/mol. The Labute approximate surface area is 133 Å². The van der Waals surface area contributed by atoms with Crippen LogP contribution in [0.25, 0.3) is 0 Å². The molecule has 6 nitrogen and oxygen atoms in total. The van der Waals surface area contributed by atoms with E-state index in [1.807, 2.05) is 0 Å². The first-order valence-corrected chi connectivity index (χ1v) is 8.22. The topological polar surface area (TPSA) is 85.4 Å². The predicted octanol–water partition coefficient (Wildman–Crippen LogP) is 2.89. The molecule has 124 valence electrons. The third-order valence-corrected chi connectivity index (χ3v) is 4.72. The van der Waals surface area contributed by atoms with Crippen LogP contribution in [0.15, 0.2) is 35.4 Å². The predicted molar refractivity (Wildman–Crippen MR) is 75.7 cm³/mol. The maximum absolute atomic E-state index is 12.5. The molecule has 11 heteroatoms. The summed E-state index contributed by atoms with van der Waals surface area (Å²) in [6, 6.07) is 3.01. The summed E-state index contributed by atoms with van der Waals surface area (Å²) in [6.07, 6.45) is -3.40. The van der Waals surface area contributed by atoms with Gasteiger partial charge in [-0.25, -0.2) is 13.4 Å². The van der Waals surface area contributed by atoms with E-state index < -0.39 is 27.7 Å². The normalized spacial score (nSPS) is 12.0. The number of carbonyl (C=O) groups is 1. The molecule has 0 bridgehead atoms. The number of anilines is 1. The molecule has 0 saturated heterocycles. The van der Waals surface area contributed by atoms with Crippen molar-refractivity contribution < 1.29 is 31.1 Å². The van der Waals surface area contributed by atoms with Gasteiger partial charge in [-0.15, -0.1) is 0 Å². The molecule has 1 N–H and O–H groups in total. The van der Waals surface area contributed by atoms with E-state index in [1.165, 1.54) is 6.92 Å². The summed E-state index contributed by atoms with van der Waals surface area (Å²) >= 11 is 0.766. The maximum Gasteiger partial charge on any atom is 0.416 e. The van der Waals surface area contributed by atoms with E-state index >= 15 is 0 Å². The molecule has 0 atom stereocenters. The standard InChI is InChI=1S/C12H9F3N2O4S2/c1-7(18)21-10-6-16-11(22-10)17-23(19,20)9-4-2-8(3-5-9)12(13,14)15/h2-6H,1H3,(H,16,17). The lowest BCUT2D eigenvalue weighted by Crippen LogP contribution is -2.13. The summed E-state index contributed by atoms with van der Waals surface area (Å²) in [5, 5.41) is 0.00349. The molecule has 1 aromatic heterocycles. The quantitative estimate of drug-likeness (QED) is 0.841. The largest absolute Gasteiger partial charge is 0.416 e. The van der Waals surface area contributed by atoms with Crippen LogP contribution in [0.4, 0.5) is 18.3 Å². The van der Waals surface area contributed by atoms with Gasteiger partial charge in [0.05, 0.1) is 16.7 Å². The van der Waals surface area contributed by atoms with Crippen LogP contribution in [0.1, 0.15) is 12.5 Å². The molecule has 1 heterocycles. The Kier molecular flexibility index (Phi) is 4.61. The van der Waals surface area contributed by atoms with Gasteiger partial charge < -0.3 is 4.74 Å². The zero-order valence-electron chi connectivity index (χ0n) is 11.4. The average Bonchev–Trinajstić information content (AvgIpc) is 2.83. The first-order chi connectivity index (χ1) is 10.6. The summed E-state index contributed by atoms with van der Waals surface area (Å²) in [5.41, 5.74) is -0.956. The van der Waals surface area contributed by atoms with E-state index in [1.54, 1.807) is 0 Å². The van der Waals surface area contributed by atoms with Gasteiger partial charge in [0.15, 0.2) is 5.13 Å². The number of alkyl halides is 3. The molecule has 2 rings (SSSR count). The second-order valence-electron chi connectivity index (χ2n) is 4.21. The summed E-state index contributed by atoms with van der Waals surface area (Å²) in [6.45, 7) is 1.17. The Morgan fingerprint density at radius 2 is 1.87 bits per heavy atom. The fraction of sp³-hybridized carbons (Fsp3) is 0.167. The highest BCUT2D eigenvalue weighted by molar-refractivity contribution is 7.93. The fourth-order valence-corrected chi connectivity index (χ4v) is 3.44. The fourth-order valence-electron chi connectivity index (χ4n) is 1.49. The van der Waals surface area contributed by atoms with Crippen molar-refractivity contribution >= 4 is 32.5 Å². The number of nitrogens with zero attached hydrogens (tertiary/aromatic N) is 1. The molecule has 23 heavy (non-hydrogen) atoms. The van der Waals surface area contributed by atoms with Crippen molar-refractivity contribution in [2.24, 2.45) is 0 Å². The van der Waals surface area contributed by atoms with Gasteiger partial charge in [0.1, 0.15) is 0 Å². The summed E-state index contributed by atoms with van der Waals surface area (Å²) in [5.74, 6) is -0.592. The van der Waals surface area contributed by atoms with Crippen molar-refractivity contribution in [2.45, 2.75) is 18.0 Å². The van der Waals surface area contributed by atoms with Crippen molar-refractivity contribution in [3.63, 3.8) is 0 Å². The maximum atomic E-state index is 12.5. The molecule has 0 spiro atoms. The van der Waals surface area contributed by atoms with Crippen molar-refractivity contribution in [3.8, 4) is 5.06 Å². The number of hydrogen-bond donors (Lipinski definition) is 1. The van der Waals surface area contributed by atoms with E-state index in [4.69, 9.17) is 4.74 Å². The second-order valence-corrected chi connectivity index (χ2v) is 6.88. The smallest absolute Gasteiger partial charge is 0.414 e. The molecule has 0 amide bonds. The number of nitrogens with one attached hydrogen (secondary N) is 1. The number of esters is 1.